The lowest BCUT2D eigenvalue weighted by atomic mass is 10.3. The van der Waals surface area contributed by atoms with Crippen LogP contribution < -0.4 is 0 Å². The van der Waals surface area contributed by atoms with Gasteiger partial charge in [0.2, 0.25) is 0 Å². The Morgan fingerprint density at radius 2 is 1.67 bits per heavy atom. The quantitative estimate of drug-likeness (QED) is 0.540. The molecule has 0 saturated carbocycles. The van der Waals surface area contributed by atoms with Crippen molar-refractivity contribution in [2.24, 2.45) is 0 Å². The Labute approximate surface area is 51.3 Å². The van der Waals surface area contributed by atoms with Gasteiger partial charge in [-0.25, -0.2) is 0 Å². The van der Waals surface area contributed by atoms with E-state index in [9.17, 15) is 0 Å². The largest absolute Gasteiger partial charge is 0.127 e. The minimum absolute atomic E-state index is 0.914. The highest BCUT2D eigenvalue weighted by molar-refractivity contribution is 5.26. The molecule has 0 amide bonds. The molecule has 1 aromatic heterocycles. The third-order valence-corrected chi connectivity index (χ3v) is 1.12. The third kappa shape index (κ3) is 0.762. The number of benzene rings is 1. The van der Waals surface area contributed by atoms with Crippen LogP contribution in [0.1, 0.15) is 0 Å². The van der Waals surface area contributed by atoms with E-state index in [2.05, 4.69) is 9.36 Å². The molecule has 1 aromatic carbocycles. The van der Waals surface area contributed by atoms with E-state index in [4.69, 9.17) is 0 Å². The van der Waals surface area contributed by atoms with E-state index < -0.39 is 0 Å². The van der Waals surface area contributed by atoms with Crippen LogP contribution in [0.3, 0.4) is 0 Å². The molecule has 0 N–H and O–H groups in total. The zero-order chi connectivity index (χ0) is 6.10. The van der Waals surface area contributed by atoms with E-state index in [1.807, 2.05) is 30.3 Å². The summed E-state index contributed by atoms with van der Waals surface area (Å²) in [5, 5.41) is 0. The van der Waals surface area contributed by atoms with Crippen molar-refractivity contribution in [3.63, 3.8) is 0 Å². The number of aromatic nitrogens is 1. The Morgan fingerprint density at radius 1 is 1.00 bits per heavy atom. The molecule has 9 heavy (non-hydrogen) atoms. The van der Waals surface area contributed by atoms with E-state index in [1.165, 1.54) is 4.91 Å². The molecular weight excluding hydrogens is 118 g/mol. The van der Waals surface area contributed by atoms with E-state index in [-0.39, 0.29) is 0 Å². The second-order valence-electron chi connectivity index (χ2n) is 1.74. The highest BCUT2D eigenvalue weighted by atomic mass is 17.3. The highest BCUT2D eigenvalue weighted by Gasteiger charge is 2.02. The van der Waals surface area contributed by atoms with E-state index in [1.54, 1.807) is 0 Å². The summed E-state index contributed by atoms with van der Waals surface area (Å²) in [6, 6.07) is 9.56. The first-order chi connectivity index (χ1) is 4.47. The summed E-state index contributed by atoms with van der Waals surface area (Å²) >= 11 is 0. The van der Waals surface area contributed by atoms with Gasteiger partial charge in [0.25, 0.3) is 0 Å². The Morgan fingerprint density at radius 3 is 2.22 bits per heavy atom. The third-order valence-electron chi connectivity index (χ3n) is 1.12. The molecule has 0 aliphatic carbocycles. The summed E-state index contributed by atoms with van der Waals surface area (Å²) in [6.07, 6.45) is 0. The standard InChI is InChI=1S/C6H5NO2/c1-2-4-6(5-3-1)7-8-9-7/h1-5H. The van der Waals surface area contributed by atoms with Crippen LogP contribution in [-0.2, 0) is 0 Å². The molecule has 0 aliphatic rings. The van der Waals surface area contributed by atoms with Crippen molar-refractivity contribution in [1.82, 2.24) is 4.91 Å². The summed E-state index contributed by atoms with van der Waals surface area (Å²) in [5.74, 6) is 0. The Kier molecular flexibility index (Phi) is 0.773. The van der Waals surface area contributed by atoms with Gasteiger partial charge < -0.3 is 0 Å². The normalized spacial score (nSPS) is 10.2. The molecule has 0 spiro atoms. The van der Waals surface area contributed by atoms with Crippen molar-refractivity contribution in [3.8, 4) is 5.69 Å². The van der Waals surface area contributed by atoms with Crippen LogP contribution in [0.5, 0.6) is 0 Å². The van der Waals surface area contributed by atoms with Crippen molar-refractivity contribution in [2.75, 3.05) is 0 Å². The minimum atomic E-state index is 0.914. The molecule has 0 fully saturated rings. The Hall–Kier alpha value is -1.38. The number of nitrogens with zero attached hydrogens (tertiary/aromatic N) is 1. The van der Waals surface area contributed by atoms with Crippen LogP contribution in [0.25, 0.3) is 5.69 Å². The number of hydrogen-bond acceptors (Lipinski definition) is 2. The summed E-state index contributed by atoms with van der Waals surface area (Å²) in [6.45, 7) is 0. The second-order valence-corrected chi connectivity index (χ2v) is 1.74. The molecule has 46 valence electrons. The average Bonchev–Trinajstić information content (AvgIpc) is 2.71. The molecule has 2 aromatic rings. The molecule has 3 nitrogen and oxygen atoms in total. The van der Waals surface area contributed by atoms with Crippen LogP contribution in [-0.4, -0.2) is 4.91 Å². The van der Waals surface area contributed by atoms with Crippen molar-refractivity contribution >= 4 is 0 Å². The fraction of sp³-hybridized carbons (Fsp3) is 0. The predicted molar refractivity (Wildman–Crippen MR) is 30.3 cm³/mol. The first kappa shape index (κ1) is 4.49. The highest BCUT2D eigenvalue weighted by Crippen LogP contribution is 2.08. The molecule has 1 heterocycles. The molecule has 0 unspecified atom stereocenters. The monoisotopic (exact) mass is 123 g/mol. The van der Waals surface area contributed by atoms with Crippen LogP contribution in [0, 0.1) is 0 Å². The molecule has 0 saturated heterocycles. The lowest BCUT2D eigenvalue weighted by molar-refractivity contribution is 0.264. The van der Waals surface area contributed by atoms with Gasteiger partial charge in [0.05, 0.1) is 4.91 Å². The maximum absolute atomic E-state index is 4.43. The van der Waals surface area contributed by atoms with Crippen molar-refractivity contribution < 1.29 is 9.36 Å². The van der Waals surface area contributed by atoms with Gasteiger partial charge in [0, 0.05) is 0 Å². The lowest BCUT2D eigenvalue weighted by Crippen LogP contribution is -1.76. The number of para-hydroxylation sites is 1. The van der Waals surface area contributed by atoms with Gasteiger partial charge in [-0.1, -0.05) is 18.2 Å². The fourth-order valence-electron chi connectivity index (χ4n) is 0.652. The minimum Gasteiger partial charge on any atom is -0.127 e. The van der Waals surface area contributed by atoms with Crippen molar-refractivity contribution in [1.29, 1.82) is 0 Å². The molecule has 0 atom stereocenters. The summed E-state index contributed by atoms with van der Waals surface area (Å²) < 4.78 is 8.86. The van der Waals surface area contributed by atoms with Crippen molar-refractivity contribution in [3.05, 3.63) is 30.3 Å². The second kappa shape index (κ2) is 1.55. The van der Waals surface area contributed by atoms with Gasteiger partial charge in [0.15, 0.2) is 0 Å². The zero-order valence-corrected chi connectivity index (χ0v) is 4.65. The summed E-state index contributed by atoms with van der Waals surface area (Å²) in [5.41, 5.74) is 0.914. The summed E-state index contributed by atoms with van der Waals surface area (Å²) in [4.78, 5) is 1.33. The van der Waals surface area contributed by atoms with Crippen LogP contribution in [0.2, 0.25) is 0 Å². The first-order valence-electron chi connectivity index (χ1n) is 2.67. The Balaban J connectivity index is 2.44. The molecule has 0 bridgehead atoms. The zero-order valence-electron chi connectivity index (χ0n) is 4.65. The van der Waals surface area contributed by atoms with Gasteiger partial charge in [-0.2, -0.15) is 0 Å². The summed E-state index contributed by atoms with van der Waals surface area (Å²) in [7, 11) is 0. The van der Waals surface area contributed by atoms with Gasteiger partial charge in [0.1, 0.15) is 5.69 Å². The van der Waals surface area contributed by atoms with Gasteiger partial charge >= 0.3 is 0 Å². The van der Waals surface area contributed by atoms with E-state index >= 15 is 0 Å². The average molecular weight is 123 g/mol. The number of hydrogen-bond donors (Lipinski definition) is 0. The van der Waals surface area contributed by atoms with Crippen LogP contribution in [0.4, 0.5) is 0 Å². The topological polar surface area (TPSA) is 31.2 Å². The maximum Gasteiger partial charge on any atom is 0.127 e. The maximum atomic E-state index is 4.43. The molecular formula is C6H5NO2. The lowest BCUT2D eigenvalue weighted by Gasteiger charge is -1.81. The van der Waals surface area contributed by atoms with Gasteiger partial charge in [-0.15, -0.1) is 9.36 Å². The molecule has 0 aliphatic heterocycles. The molecule has 2 rings (SSSR count). The van der Waals surface area contributed by atoms with Crippen LogP contribution >= 0.6 is 0 Å². The van der Waals surface area contributed by atoms with Crippen molar-refractivity contribution in [2.45, 2.75) is 0 Å². The predicted octanol–water partition coefficient (Wildman–Crippen LogP) is 1.66. The Bertz CT molecular complexity index is 256. The first-order valence-corrected chi connectivity index (χ1v) is 2.67. The van der Waals surface area contributed by atoms with E-state index in [0.29, 0.717) is 0 Å². The van der Waals surface area contributed by atoms with Crippen LogP contribution in [0.15, 0.2) is 39.7 Å². The molecule has 0 radical (unpaired) electrons. The van der Waals surface area contributed by atoms with E-state index in [0.717, 1.165) is 5.69 Å². The molecule has 3 heteroatoms. The smallest absolute Gasteiger partial charge is 0.127 e. The van der Waals surface area contributed by atoms with Gasteiger partial charge in [-0.05, 0) is 12.1 Å². The SMILES string of the molecule is c1ccc(-n2oo2)cc1. The van der Waals surface area contributed by atoms with Gasteiger partial charge in [-0.3, -0.25) is 0 Å². The number of rotatable bonds is 1. The fourth-order valence-corrected chi connectivity index (χ4v) is 0.652.